The Morgan fingerprint density at radius 2 is 1.61 bits per heavy atom. The van der Waals surface area contributed by atoms with Gasteiger partial charge in [-0.15, -0.1) is 0 Å². The van der Waals surface area contributed by atoms with Gasteiger partial charge < -0.3 is 4.74 Å². The van der Waals surface area contributed by atoms with E-state index in [-0.39, 0.29) is 6.61 Å². The van der Waals surface area contributed by atoms with Crippen LogP contribution in [-0.2, 0) is 9.53 Å². The zero-order chi connectivity index (χ0) is 14.8. The molecule has 0 aliphatic carbocycles. The zero-order valence-corrected chi connectivity index (χ0v) is 9.80. The second-order valence-corrected chi connectivity index (χ2v) is 3.84. The van der Waals surface area contributed by atoms with Crippen LogP contribution in [0.1, 0.15) is 13.3 Å². The molecule has 0 amide bonds. The molecule has 10 heteroatoms. The summed E-state index contributed by atoms with van der Waals surface area (Å²) in [6, 6.07) is 0. The Morgan fingerprint density at radius 1 is 1.17 bits per heavy atom. The van der Waals surface area contributed by atoms with E-state index >= 15 is 0 Å². The van der Waals surface area contributed by atoms with Crippen molar-refractivity contribution in [1.82, 2.24) is 0 Å². The van der Waals surface area contributed by atoms with E-state index in [0.717, 1.165) is 0 Å². The molecule has 1 unspecified atom stereocenters. The predicted molar refractivity (Wildman–Crippen MR) is 50.0 cm³/mol. The lowest BCUT2D eigenvalue weighted by Gasteiger charge is -2.31. The molecular weight excluding hydrogens is 293 g/mol. The summed E-state index contributed by atoms with van der Waals surface area (Å²) in [7, 11) is 0. The van der Waals surface area contributed by atoms with E-state index in [2.05, 4.69) is 17.4 Å². The molecule has 0 rings (SSSR count). The fourth-order valence-corrected chi connectivity index (χ4v) is 1.22. The van der Waals surface area contributed by atoms with Gasteiger partial charge in [-0.25, -0.2) is 0 Å². The summed E-state index contributed by atoms with van der Waals surface area (Å²) in [5, 5.41) is -2.81. The normalized spacial score (nSPS) is 15.4. The Bertz CT molecular complexity index is 302. The summed E-state index contributed by atoms with van der Waals surface area (Å²) in [5.41, 5.74) is 0. The van der Waals surface area contributed by atoms with Gasteiger partial charge in [0.05, 0.1) is 18.3 Å². The lowest BCUT2D eigenvalue weighted by Crippen LogP contribution is -2.56. The number of ether oxygens (including phenoxy) is 1. The van der Waals surface area contributed by atoms with Crippen LogP contribution in [0.5, 0.6) is 0 Å². The van der Waals surface area contributed by atoms with E-state index in [1.54, 1.807) is 0 Å². The summed E-state index contributed by atoms with van der Waals surface area (Å²) < 4.78 is 90.5. The Labute approximate surface area is 103 Å². The van der Waals surface area contributed by atoms with Crippen molar-refractivity contribution in [2.75, 3.05) is 6.61 Å². The van der Waals surface area contributed by atoms with Crippen LogP contribution in [0.3, 0.4) is 0 Å². The van der Waals surface area contributed by atoms with E-state index in [0.29, 0.717) is 0 Å². The first-order valence-corrected chi connectivity index (χ1v) is 5.05. The molecule has 0 aromatic carbocycles. The van der Waals surface area contributed by atoms with Gasteiger partial charge in [-0.2, -0.15) is 43.4 Å². The monoisotopic (exact) mass is 302 g/mol. The fourth-order valence-electron chi connectivity index (χ4n) is 0.904. The number of thiol groups is 1. The molecule has 0 N–H and O–H groups in total. The van der Waals surface area contributed by atoms with Crippen LogP contribution < -0.4 is 0 Å². The molecule has 0 saturated carbocycles. The zero-order valence-electron chi connectivity index (χ0n) is 8.90. The van der Waals surface area contributed by atoms with Gasteiger partial charge in [-0.1, -0.05) is 0 Å². The number of halogens is 7. The Balaban J connectivity index is 4.97. The lowest BCUT2D eigenvalue weighted by atomic mass is 10.1. The van der Waals surface area contributed by atoms with Crippen LogP contribution in [0.25, 0.3) is 0 Å². The first-order valence-electron chi connectivity index (χ1n) is 4.54. The lowest BCUT2D eigenvalue weighted by molar-refractivity contribution is -0.353. The summed E-state index contributed by atoms with van der Waals surface area (Å²) in [4.78, 5) is 10.7. The number of carbonyl (C=O) groups is 1. The molecule has 0 heterocycles. The van der Waals surface area contributed by atoms with E-state index in [9.17, 15) is 35.5 Å². The second kappa shape index (κ2) is 5.54. The van der Waals surface area contributed by atoms with Crippen LogP contribution in [0.15, 0.2) is 0 Å². The molecule has 108 valence electrons. The van der Waals surface area contributed by atoms with Crippen LogP contribution in [0, 0.1) is 0 Å². The first-order chi connectivity index (χ1) is 7.88. The van der Waals surface area contributed by atoms with Gasteiger partial charge in [0.25, 0.3) is 0 Å². The molecule has 0 fully saturated rings. The van der Waals surface area contributed by atoms with Crippen molar-refractivity contribution >= 4 is 18.6 Å². The van der Waals surface area contributed by atoms with Crippen molar-refractivity contribution in [2.45, 2.75) is 36.6 Å². The van der Waals surface area contributed by atoms with Crippen molar-refractivity contribution in [3.63, 3.8) is 0 Å². The van der Waals surface area contributed by atoms with Crippen molar-refractivity contribution < 1.29 is 40.3 Å². The summed E-state index contributed by atoms with van der Waals surface area (Å²) in [6.45, 7) is 1.09. The highest BCUT2D eigenvalue weighted by Gasteiger charge is 2.74. The highest BCUT2D eigenvalue weighted by atomic mass is 32.1. The average molecular weight is 302 g/mol. The van der Waals surface area contributed by atoms with Crippen LogP contribution in [-0.4, -0.2) is 35.8 Å². The van der Waals surface area contributed by atoms with Crippen molar-refractivity contribution in [2.24, 2.45) is 0 Å². The van der Waals surface area contributed by atoms with Gasteiger partial charge >= 0.3 is 24.0 Å². The smallest absolute Gasteiger partial charge is 0.459 e. The Morgan fingerprint density at radius 3 is 1.94 bits per heavy atom. The van der Waals surface area contributed by atoms with E-state index in [1.165, 1.54) is 6.92 Å². The molecule has 0 aromatic heterocycles. The number of esters is 1. The molecule has 0 spiro atoms. The number of rotatable bonds is 5. The molecular formula is C8H9F7O2S. The second-order valence-electron chi connectivity index (χ2n) is 3.22. The SMILES string of the molecule is CCOC(=O)CC(S)C(F)(F)C(F)(F)C(F)(F)F. The molecule has 0 bridgehead atoms. The molecule has 1 atom stereocenters. The molecule has 0 aliphatic heterocycles. The van der Waals surface area contributed by atoms with Gasteiger partial charge in [0, 0.05) is 0 Å². The van der Waals surface area contributed by atoms with E-state index in [1.807, 2.05) is 0 Å². The predicted octanol–water partition coefficient (Wildman–Crippen LogP) is 3.07. The van der Waals surface area contributed by atoms with E-state index < -0.39 is 35.7 Å². The topological polar surface area (TPSA) is 26.3 Å². The summed E-state index contributed by atoms with van der Waals surface area (Å²) >= 11 is 2.94. The Kier molecular flexibility index (Phi) is 5.33. The fraction of sp³-hybridized carbons (Fsp3) is 0.875. The van der Waals surface area contributed by atoms with Crippen molar-refractivity contribution in [3.8, 4) is 0 Å². The molecule has 0 radical (unpaired) electrons. The molecule has 0 aromatic rings. The third-order valence-corrected chi connectivity index (χ3v) is 2.37. The molecule has 0 saturated heterocycles. The van der Waals surface area contributed by atoms with E-state index in [4.69, 9.17) is 0 Å². The van der Waals surface area contributed by atoms with Gasteiger partial charge in [0.1, 0.15) is 0 Å². The van der Waals surface area contributed by atoms with Gasteiger partial charge in [0.15, 0.2) is 0 Å². The standard InChI is InChI=1S/C8H9F7O2S/c1-2-17-5(16)3-4(18)6(9,10)7(11,12)8(13,14)15/h4,18H,2-3H2,1H3. The average Bonchev–Trinajstić information content (AvgIpc) is 2.15. The summed E-state index contributed by atoms with van der Waals surface area (Å²) in [5.74, 6) is -13.1. The summed E-state index contributed by atoms with van der Waals surface area (Å²) in [6.07, 6.45) is -7.80. The number of hydrogen-bond donors (Lipinski definition) is 1. The maximum absolute atomic E-state index is 12.9. The highest BCUT2D eigenvalue weighted by molar-refractivity contribution is 7.81. The van der Waals surface area contributed by atoms with Crippen LogP contribution >= 0.6 is 12.6 Å². The quantitative estimate of drug-likeness (QED) is 0.480. The number of hydrogen-bond acceptors (Lipinski definition) is 3. The van der Waals surface area contributed by atoms with Crippen molar-refractivity contribution in [3.05, 3.63) is 0 Å². The third kappa shape index (κ3) is 3.42. The minimum atomic E-state index is -6.44. The Hall–Kier alpha value is -0.670. The molecule has 2 nitrogen and oxygen atoms in total. The van der Waals surface area contributed by atoms with Crippen LogP contribution in [0.4, 0.5) is 30.7 Å². The number of alkyl halides is 7. The largest absolute Gasteiger partial charge is 0.466 e. The minimum absolute atomic E-state index is 0.222. The maximum Gasteiger partial charge on any atom is 0.459 e. The number of carbonyl (C=O) groups excluding carboxylic acids is 1. The first kappa shape index (κ1) is 17.3. The molecule has 18 heavy (non-hydrogen) atoms. The van der Waals surface area contributed by atoms with Gasteiger partial charge in [0.2, 0.25) is 0 Å². The van der Waals surface area contributed by atoms with Crippen molar-refractivity contribution in [1.29, 1.82) is 0 Å². The molecule has 0 aliphatic rings. The maximum atomic E-state index is 12.9. The van der Waals surface area contributed by atoms with Gasteiger partial charge in [-0.3, -0.25) is 4.79 Å². The van der Waals surface area contributed by atoms with Gasteiger partial charge in [-0.05, 0) is 6.92 Å². The van der Waals surface area contributed by atoms with Crippen LogP contribution in [0.2, 0.25) is 0 Å². The highest BCUT2D eigenvalue weighted by Crippen LogP contribution is 2.49. The minimum Gasteiger partial charge on any atom is -0.466 e. The third-order valence-electron chi connectivity index (χ3n) is 1.86.